The zero-order valence-electron chi connectivity index (χ0n) is 16.2. The van der Waals surface area contributed by atoms with Gasteiger partial charge in [-0.25, -0.2) is 0 Å². The Morgan fingerprint density at radius 3 is 2.04 bits per heavy atom. The predicted octanol–water partition coefficient (Wildman–Crippen LogP) is 4.16. The third-order valence-corrected chi connectivity index (χ3v) is 4.62. The summed E-state index contributed by atoms with van der Waals surface area (Å²) in [4.78, 5) is 24.9. The summed E-state index contributed by atoms with van der Waals surface area (Å²) in [6, 6.07) is 22.7. The smallest absolute Gasteiger partial charge is 0.251 e. The zero-order valence-corrected chi connectivity index (χ0v) is 16.2. The summed E-state index contributed by atoms with van der Waals surface area (Å²) >= 11 is 0. The van der Waals surface area contributed by atoms with Gasteiger partial charge < -0.3 is 10.6 Å². The number of hydrogen-bond donors (Lipinski definition) is 2. The van der Waals surface area contributed by atoms with E-state index in [1.54, 1.807) is 24.3 Å². The average molecular weight is 372 g/mol. The highest BCUT2D eigenvalue weighted by atomic mass is 16.2. The fourth-order valence-electron chi connectivity index (χ4n) is 2.99. The molecule has 0 fully saturated rings. The SMILES string of the molecule is Cc1cccc(CNC(=O)c2cccc(C(=O)NCc3ccccc3C)c2)c1. The Labute approximate surface area is 165 Å². The van der Waals surface area contributed by atoms with Crippen molar-refractivity contribution in [3.63, 3.8) is 0 Å². The molecule has 0 spiro atoms. The molecule has 0 aliphatic carbocycles. The van der Waals surface area contributed by atoms with Gasteiger partial charge in [-0.15, -0.1) is 0 Å². The first-order valence-electron chi connectivity index (χ1n) is 9.29. The Bertz CT molecular complexity index is 995. The number of hydrogen-bond acceptors (Lipinski definition) is 2. The van der Waals surface area contributed by atoms with Crippen molar-refractivity contribution in [1.82, 2.24) is 10.6 Å². The second-order valence-electron chi connectivity index (χ2n) is 6.86. The Morgan fingerprint density at radius 2 is 1.36 bits per heavy atom. The minimum absolute atomic E-state index is 0.198. The van der Waals surface area contributed by atoms with Crippen molar-refractivity contribution in [2.45, 2.75) is 26.9 Å². The molecule has 0 heterocycles. The summed E-state index contributed by atoms with van der Waals surface area (Å²) in [6.07, 6.45) is 0. The number of benzene rings is 3. The fourth-order valence-corrected chi connectivity index (χ4v) is 2.99. The van der Waals surface area contributed by atoms with Gasteiger partial charge in [0.2, 0.25) is 0 Å². The van der Waals surface area contributed by atoms with Crippen LogP contribution in [0.4, 0.5) is 0 Å². The van der Waals surface area contributed by atoms with E-state index < -0.39 is 0 Å². The molecule has 3 aromatic carbocycles. The van der Waals surface area contributed by atoms with Gasteiger partial charge in [0.1, 0.15) is 0 Å². The van der Waals surface area contributed by atoms with Gasteiger partial charge in [0, 0.05) is 24.2 Å². The number of carbonyl (C=O) groups is 2. The molecule has 0 atom stereocenters. The predicted molar refractivity (Wildman–Crippen MR) is 111 cm³/mol. The fraction of sp³-hybridized carbons (Fsp3) is 0.167. The summed E-state index contributed by atoms with van der Waals surface area (Å²) in [7, 11) is 0. The van der Waals surface area contributed by atoms with Gasteiger partial charge in [-0.05, 0) is 48.7 Å². The average Bonchev–Trinajstić information content (AvgIpc) is 2.71. The first kappa shape index (κ1) is 19.4. The van der Waals surface area contributed by atoms with E-state index in [2.05, 4.69) is 10.6 Å². The first-order chi connectivity index (χ1) is 13.5. The van der Waals surface area contributed by atoms with E-state index in [9.17, 15) is 9.59 Å². The summed E-state index contributed by atoms with van der Waals surface area (Å²) in [5.41, 5.74) is 5.34. The number of amides is 2. The van der Waals surface area contributed by atoms with Gasteiger partial charge in [-0.1, -0.05) is 60.2 Å². The largest absolute Gasteiger partial charge is 0.348 e. The van der Waals surface area contributed by atoms with Gasteiger partial charge in [-0.3, -0.25) is 9.59 Å². The molecule has 4 heteroatoms. The normalized spacial score (nSPS) is 10.4. The van der Waals surface area contributed by atoms with Crippen molar-refractivity contribution >= 4 is 11.8 Å². The second-order valence-corrected chi connectivity index (χ2v) is 6.86. The minimum Gasteiger partial charge on any atom is -0.348 e. The molecule has 2 N–H and O–H groups in total. The summed E-state index contributed by atoms with van der Waals surface area (Å²) in [5, 5.41) is 5.82. The molecule has 0 radical (unpaired) electrons. The van der Waals surface area contributed by atoms with Crippen molar-refractivity contribution in [1.29, 1.82) is 0 Å². The lowest BCUT2D eigenvalue weighted by Crippen LogP contribution is -2.25. The molecule has 0 aliphatic rings. The molecule has 0 aromatic heterocycles. The molecule has 0 unspecified atom stereocenters. The zero-order chi connectivity index (χ0) is 19.9. The van der Waals surface area contributed by atoms with Crippen molar-refractivity contribution in [3.05, 3.63) is 106 Å². The van der Waals surface area contributed by atoms with E-state index in [0.717, 1.165) is 22.3 Å². The molecule has 3 aromatic rings. The van der Waals surface area contributed by atoms with Crippen LogP contribution in [0.2, 0.25) is 0 Å². The van der Waals surface area contributed by atoms with Crippen LogP contribution in [0.1, 0.15) is 43.0 Å². The Hall–Kier alpha value is -3.40. The van der Waals surface area contributed by atoms with Crippen LogP contribution in [-0.4, -0.2) is 11.8 Å². The first-order valence-corrected chi connectivity index (χ1v) is 9.29. The van der Waals surface area contributed by atoms with Crippen LogP contribution >= 0.6 is 0 Å². The molecule has 0 saturated heterocycles. The van der Waals surface area contributed by atoms with Crippen LogP contribution in [0.5, 0.6) is 0 Å². The third kappa shape index (κ3) is 5.07. The van der Waals surface area contributed by atoms with E-state index in [1.165, 1.54) is 0 Å². The highest BCUT2D eigenvalue weighted by Crippen LogP contribution is 2.09. The van der Waals surface area contributed by atoms with Gasteiger partial charge >= 0.3 is 0 Å². The van der Waals surface area contributed by atoms with Crippen LogP contribution in [-0.2, 0) is 13.1 Å². The molecule has 0 bridgehead atoms. The number of aryl methyl sites for hydroxylation is 2. The molecule has 142 valence electrons. The van der Waals surface area contributed by atoms with E-state index in [0.29, 0.717) is 24.2 Å². The number of carbonyl (C=O) groups excluding carboxylic acids is 2. The van der Waals surface area contributed by atoms with Crippen molar-refractivity contribution in [3.8, 4) is 0 Å². The van der Waals surface area contributed by atoms with E-state index in [4.69, 9.17) is 0 Å². The number of rotatable bonds is 6. The van der Waals surface area contributed by atoms with Gasteiger partial charge in [-0.2, -0.15) is 0 Å². The minimum atomic E-state index is -0.199. The highest BCUT2D eigenvalue weighted by molar-refractivity contribution is 5.99. The van der Waals surface area contributed by atoms with Crippen molar-refractivity contribution in [2.24, 2.45) is 0 Å². The van der Waals surface area contributed by atoms with Gasteiger partial charge in [0.25, 0.3) is 11.8 Å². The maximum atomic E-state index is 12.5. The molecular formula is C24H24N2O2. The molecule has 2 amide bonds. The molecular weight excluding hydrogens is 348 g/mol. The lowest BCUT2D eigenvalue weighted by Gasteiger charge is -2.10. The molecule has 28 heavy (non-hydrogen) atoms. The quantitative estimate of drug-likeness (QED) is 0.682. The van der Waals surface area contributed by atoms with Crippen LogP contribution in [0.15, 0.2) is 72.8 Å². The summed E-state index contributed by atoms with van der Waals surface area (Å²) in [6.45, 7) is 4.94. The maximum Gasteiger partial charge on any atom is 0.251 e. The van der Waals surface area contributed by atoms with E-state index in [-0.39, 0.29) is 11.8 Å². The van der Waals surface area contributed by atoms with Gasteiger partial charge in [0.15, 0.2) is 0 Å². The summed E-state index contributed by atoms with van der Waals surface area (Å²) < 4.78 is 0. The van der Waals surface area contributed by atoms with E-state index >= 15 is 0 Å². The lowest BCUT2D eigenvalue weighted by atomic mass is 10.1. The van der Waals surface area contributed by atoms with Crippen LogP contribution in [0, 0.1) is 13.8 Å². The monoisotopic (exact) mass is 372 g/mol. The van der Waals surface area contributed by atoms with Crippen LogP contribution in [0.25, 0.3) is 0 Å². The third-order valence-electron chi connectivity index (χ3n) is 4.62. The van der Waals surface area contributed by atoms with E-state index in [1.807, 2.05) is 62.4 Å². The molecule has 3 rings (SSSR count). The Kier molecular flexibility index (Phi) is 6.22. The Balaban J connectivity index is 1.61. The summed E-state index contributed by atoms with van der Waals surface area (Å²) in [5.74, 6) is -0.397. The van der Waals surface area contributed by atoms with Crippen molar-refractivity contribution in [2.75, 3.05) is 0 Å². The molecule has 4 nitrogen and oxygen atoms in total. The van der Waals surface area contributed by atoms with Crippen LogP contribution < -0.4 is 10.6 Å². The standard InChI is InChI=1S/C24H24N2O2/c1-17-7-5-9-19(13-17)15-25-23(27)20-11-6-12-21(14-20)24(28)26-16-22-10-4-3-8-18(22)2/h3-14H,15-16H2,1-2H3,(H,25,27)(H,26,28). The molecule has 0 saturated carbocycles. The van der Waals surface area contributed by atoms with Gasteiger partial charge in [0.05, 0.1) is 0 Å². The van der Waals surface area contributed by atoms with Crippen molar-refractivity contribution < 1.29 is 9.59 Å². The topological polar surface area (TPSA) is 58.2 Å². The van der Waals surface area contributed by atoms with Crippen LogP contribution in [0.3, 0.4) is 0 Å². The maximum absolute atomic E-state index is 12.5. The second kappa shape index (κ2) is 9.00. The number of nitrogens with one attached hydrogen (secondary N) is 2. The lowest BCUT2D eigenvalue weighted by molar-refractivity contribution is 0.0950. The molecule has 0 aliphatic heterocycles. The Morgan fingerprint density at radius 1 is 0.714 bits per heavy atom. The highest BCUT2D eigenvalue weighted by Gasteiger charge is 2.11.